The van der Waals surface area contributed by atoms with Crippen LogP contribution in [0.4, 0.5) is 0 Å². The second kappa shape index (κ2) is 5.60. The Morgan fingerprint density at radius 2 is 1.83 bits per heavy atom. The molecule has 0 spiro atoms. The zero-order valence-electron chi connectivity index (χ0n) is 5.75. The second-order valence-electron chi connectivity index (χ2n) is 2.20. The molecule has 0 saturated carbocycles. The molecule has 0 radical (unpaired) electrons. The van der Waals surface area contributed by atoms with Gasteiger partial charge in [-0.15, -0.1) is 0 Å². The number of hydrogen-bond acceptors (Lipinski definition) is 1. The molecule has 0 fully saturated rings. The Bertz CT molecular complexity index is 258. The van der Waals surface area contributed by atoms with Gasteiger partial charge in [0.15, 0.2) is 0 Å². The van der Waals surface area contributed by atoms with E-state index in [1.165, 1.54) is 0 Å². The van der Waals surface area contributed by atoms with E-state index in [0.29, 0.717) is 5.02 Å². The van der Waals surface area contributed by atoms with Gasteiger partial charge < -0.3 is 5.11 Å². The number of benzene rings is 1. The standard InChI is InChI=1S/C8H7ClO2.Na.H/c9-7-3-1-6(2-4-7)5-8(10)11;;/h1-4H,5H2,(H,10,11);;. The van der Waals surface area contributed by atoms with Gasteiger partial charge in [-0.3, -0.25) is 4.79 Å². The molecule has 60 valence electrons. The summed E-state index contributed by atoms with van der Waals surface area (Å²) in [5.74, 6) is -0.827. The SMILES string of the molecule is O=C(O)Cc1ccc(Cl)cc1.[NaH]. The fraction of sp³-hybridized carbons (Fsp3) is 0.125. The first-order valence-corrected chi connectivity index (χ1v) is 3.52. The third-order valence-electron chi connectivity index (χ3n) is 1.27. The second-order valence-corrected chi connectivity index (χ2v) is 2.63. The first-order chi connectivity index (χ1) is 5.18. The van der Waals surface area contributed by atoms with Crippen LogP contribution in [0.3, 0.4) is 0 Å². The Morgan fingerprint density at radius 1 is 1.33 bits per heavy atom. The average molecular weight is 195 g/mol. The molecule has 2 nitrogen and oxygen atoms in total. The number of aliphatic carboxylic acids is 1. The molecule has 0 saturated heterocycles. The van der Waals surface area contributed by atoms with Crippen LogP contribution in [0, 0.1) is 0 Å². The molecule has 1 rings (SSSR count). The first-order valence-electron chi connectivity index (χ1n) is 3.15. The van der Waals surface area contributed by atoms with E-state index in [9.17, 15) is 4.79 Å². The van der Waals surface area contributed by atoms with E-state index in [1.54, 1.807) is 24.3 Å². The number of carboxylic acid groups (broad SMARTS) is 1. The Balaban J connectivity index is 0.00000121. The van der Waals surface area contributed by atoms with Crippen molar-refractivity contribution in [2.45, 2.75) is 6.42 Å². The van der Waals surface area contributed by atoms with Crippen molar-refractivity contribution in [3.63, 3.8) is 0 Å². The summed E-state index contributed by atoms with van der Waals surface area (Å²) in [7, 11) is 0. The molecule has 0 bridgehead atoms. The number of hydrogen-bond donors (Lipinski definition) is 1. The van der Waals surface area contributed by atoms with Crippen molar-refractivity contribution in [2.24, 2.45) is 0 Å². The van der Waals surface area contributed by atoms with Crippen LogP contribution in [0.2, 0.25) is 5.02 Å². The number of carbonyl (C=O) groups is 1. The predicted molar refractivity (Wildman–Crippen MR) is 49.9 cm³/mol. The van der Waals surface area contributed by atoms with Crippen LogP contribution in [-0.4, -0.2) is 40.6 Å². The van der Waals surface area contributed by atoms with Gasteiger partial charge in [0.1, 0.15) is 0 Å². The van der Waals surface area contributed by atoms with Crippen LogP contribution < -0.4 is 0 Å². The van der Waals surface area contributed by atoms with Crippen molar-refractivity contribution < 1.29 is 9.90 Å². The number of rotatable bonds is 2. The molecular formula is C8H8ClNaO2. The fourth-order valence-corrected chi connectivity index (χ4v) is 0.903. The molecule has 0 heterocycles. The molecule has 1 N–H and O–H groups in total. The summed E-state index contributed by atoms with van der Waals surface area (Å²) in [6.45, 7) is 0. The van der Waals surface area contributed by atoms with E-state index >= 15 is 0 Å². The van der Waals surface area contributed by atoms with Gasteiger partial charge in [0.2, 0.25) is 0 Å². The Morgan fingerprint density at radius 3 is 2.25 bits per heavy atom. The van der Waals surface area contributed by atoms with Crippen LogP contribution in [0.25, 0.3) is 0 Å². The van der Waals surface area contributed by atoms with E-state index < -0.39 is 5.97 Å². The summed E-state index contributed by atoms with van der Waals surface area (Å²) in [6, 6.07) is 6.77. The van der Waals surface area contributed by atoms with Crippen LogP contribution in [0.5, 0.6) is 0 Å². The van der Waals surface area contributed by atoms with Gasteiger partial charge >= 0.3 is 35.5 Å². The van der Waals surface area contributed by atoms with Crippen molar-refractivity contribution in [3.05, 3.63) is 34.9 Å². The van der Waals surface area contributed by atoms with Gasteiger partial charge in [0.05, 0.1) is 6.42 Å². The van der Waals surface area contributed by atoms with Gasteiger partial charge in [0, 0.05) is 5.02 Å². The van der Waals surface area contributed by atoms with Gasteiger partial charge in [-0.25, -0.2) is 0 Å². The zero-order chi connectivity index (χ0) is 8.27. The Labute approximate surface area is 97.8 Å². The summed E-state index contributed by atoms with van der Waals surface area (Å²) < 4.78 is 0. The van der Waals surface area contributed by atoms with Crippen LogP contribution >= 0.6 is 11.6 Å². The molecule has 1 aromatic carbocycles. The first kappa shape index (κ1) is 12.0. The third kappa shape index (κ3) is 4.12. The van der Waals surface area contributed by atoms with Crippen LogP contribution in [0.1, 0.15) is 5.56 Å². The quantitative estimate of drug-likeness (QED) is 0.721. The van der Waals surface area contributed by atoms with Crippen LogP contribution in [-0.2, 0) is 11.2 Å². The van der Waals surface area contributed by atoms with Crippen molar-refractivity contribution >= 4 is 47.1 Å². The maximum atomic E-state index is 10.2. The topological polar surface area (TPSA) is 37.3 Å². The minimum absolute atomic E-state index is 0. The van der Waals surface area contributed by atoms with Gasteiger partial charge in [-0.05, 0) is 17.7 Å². The van der Waals surface area contributed by atoms with Crippen molar-refractivity contribution in [2.75, 3.05) is 0 Å². The molecule has 0 aliphatic heterocycles. The Kier molecular flexibility index (Phi) is 5.59. The van der Waals surface area contributed by atoms with Crippen molar-refractivity contribution in [3.8, 4) is 0 Å². The molecule has 0 atom stereocenters. The summed E-state index contributed by atoms with van der Waals surface area (Å²) >= 11 is 5.60. The number of carboxylic acids is 1. The predicted octanol–water partition coefficient (Wildman–Crippen LogP) is 1.32. The molecule has 0 amide bonds. The summed E-state index contributed by atoms with van der Waals surface area (Å²) in [6.07, 6.45) is 0.0527. The van der Waals surface area contributed by atoms with E-state index in [4.69, 9.17) is 16.7 Å². The van der Waals surface area contributed by atoms with E-state index in [-0.39, 0.29) is 36.0 Å². The van der Waals surface area contributed by atoms with Gasteiger partial charge in [0.25, 0.3) is 0 Å². The van der Waals surface area contributed by atoms with Crippen molar-refractivity contribution in [1.29, 1.82) is 0 Å². The molecule has 0 aliphatic rings. The summed E-state index contributed by atoms with van der Waals surface area (Å²) in [5, 5.41) is 9.03. The molecule has 4 heteroatoms. The molecule has 0 aromatic heterocycles. The third-order valence-corrected chi connectivity index (χ3v) is 1.52. The maximum absolute atomic E-state index is 10.2. The molecule has 1 aromatic rings. The van der Waals surface area contributed by atoms with Gasteiger partial charge in [-0.2, -0.15) is 0 Å². The summed E-state index contributed by atoms with van der Waals surface area (Å²) in [4.78, 5) is 10.2. The molecule has 0 aliphatic carbocycles. The minimum atomic E-state index is -0.827. The number of halogens is 1. The van der Waals surface area contributed by atoms with Crippen LogP contribution in [0.15, 0.2) is 24.3 Å². The fourth-order valence-electron chi connectivity index (χ4n) is 0.777. The average Bonchev–Trinajstić information content (AvgIpc) is 1.93. The molecule has 0 unspecified atom stereocenters. The van der Waals surface area contributed by atoms with E-state index in [2.05, 4.69) is 0 Å². The Hall–Kier alpha value is -0.0200. The van der Waals surface area contributed by atoms with E-state index in [0.717, 1.165) is 5.56 Å². The molecule has 12 heavy (non-hydrogen) atoms. The monoisotopic (exact) mass is 194 g/mol. The van der Waals surface area contributed by atoms with Crippen molar-refractivity contribution in [1.82, 2.24) is 0 Å². The summed E-state index contributed by atoms with van der Waals surface area (Å²) in [5.41, 5.74) is 0.766. The molecular weight excluding hydrogens is 187 g/mol. The van der Waals surface area contributed by atoms with Gasteiger partial charge in [-0.1, -0.05) is 23.7 Å². The van der Waals surface area contributed by atoms with E-state index in [1.807, 2.05) is 0 Å². The zero-order valence-corrected chi connectivity index (χ0v) is 6.51. The normalized spacial score (nSPS) is 8.75.